The molecule has 21 heavy (non-hydrogen) atoms. The van der Waals surface area contributed by atoms with Crippen molar-refractivity contribution < 1.29 is 13.9 Å². The van der Waals surface area contributed by atoms with E-state index in [9.17, 15) is 13.9 Å². The largest absolute Gasteiger partial charge is 0.506 e. The van der Waals surface area contributed by atoms with E-state index in [0.29, 0.717) is 30.7 Å². The highest BCUT2D eigenvalue weighted by Crippen LogP contribution is 2.39. The Morgan fingerprint density at radius 2 is 1.81 bits per heavy atom. The summed E-state index contributed by atoms with van der Waals surface area (Å²) in [7, 11) is 0. The SMILES string of the molecule is Cl.Cl.Oc1c(Cl)cc(Br)cc1[C@@H](C(F)F)N1CCNCC1. The first-order chi connectivity index (χ1) is 9.00. The first-order valence-corrected chi connectivity index (χ1v) is 7.08. The predicted octanol–water partition coefficient (Wildman–Crippen LogP) is 3.86. The fraction of sp³-hybridized carbons (Fsp3) is 0.500. The van der Waals surface area contributed by atoms with Crippen molar-refractivity contribution in [3.63, 3.8) is 0 Å². The van der Waals surface area contributed by atoms with Crippen LogP contribution >= 0.6 is 52.3 Å². The molecular weight excluding hydrogens is 412 g/mol. The number of hydrogen-bond donors (Lipinski definition) is 2. The minimum atomic E-state index is -2.59. The normalized spacial score (nSPS) is 17.0. The lowest BCUT2D eigenvalue weighted by Crippen LogP contribution is -2.46. The number of phenols is 1. The van der Waals surface area contributed by atoms with Crippen LogP contribution in [-0.4, -0.2) is 42.6 Å². The minimum absolute atomic E-state index is 0. The van der Waals surface area contributed by atoms with Gasteiger partial charge in [0, 0.05) is 36.2 Å². The van der Waals surface area contributed by atoms with E-state index >= 15 is 0 Å². The van der Waals surface area contributed by atoms with Crippen molar-refractivity contribution in [1.29, 1.82) is 0 Å². The third-order valence-electron chi connectivity index (χ3n) is 3.16. The molecular formula is C12H16BrCl3F2N2O. The number of nitrogens with one attached hydrogen (secondary N) is 1. The zero-order valence-corrected chi connectivity index (χ0v) is 14.8. The van der Waals surface area contributed by atoms with E-state index in [2.05, 4.69) is 21.2 Å². The number of phenolic OH excluding ortho intramolecular Hbond substituents is 1. The molecule has 0 saturated carbocycles. The molecule has 1 heterocycles. The van der Waals surface area contributed by atoms with Crippen LogP contribution in [-0.2, 0) is 0 Å². The molecule has 2 rings (SSSR count). The second kappa shape index (κ2) is 9.33. The van der Waals surface area contributed by atoms with Crippen molar-refractivity contribution in [1.82, 2.24) is 10.2 Å². The molecule has 1 fully saturated rings. The van der Waals surface area contributed by atoms with Gasteiger partial charge in [-0.2, -0.15) is 0 Å². The van der Waals surface area contributed by atoms with Gasteiger partial charge in [-0.3, -0.25) is 4.90 Å². The molecule has 122 valence electrons. The van der Waals surface area contributed by atoms with Crippen LogP contribution in [0.4, 0.5) is 8.78 Å². The average molecular weight is 429 g/mol. The minimum Gasteiger partial charge on any atom is -0.506 e. The van der Waals surface area contributed by atoms with E-state index in [1.54, 1.807) is 4.90 Å². The van der Waals surface area contributed by atoms with Crippen molar-refractivity contribution in [3.05, 3.63) is 27.2 Å². The monoisotopic (exact) mass is 426 g/mol. The van der Waals surface area contributed by atoms with Crippen LogP contribution in [0.2, 0.25) is 5.02 Å². The summed E-state index contributed by atoms with van der Waals surface area (Å²) in [5.41, 5.74) is 0.163. The third-order valence-corrected chi connectivity index (χ3v) is 3.91. The lowest BCUT2D eigenvalue weighted by atomic mass is 10.0. The molecule has 1 saturated heterocycles. The number of nitrogens with zero attached hydrogens (tertiary/aromatic N) is 1. The first-order valence-electron chi connectivity index (χ1n) is 5.91. The number of benzene rings is 1. The molecule has 3 nitrogen and oxygen atoms in total. The van der Waals surface area contributed by atoms with Gasteiger partial charge in [0.2, 0.25) is 0 Å². The molecule has 0 unspecified atom stereocenters. The summed E-state index contributed by atoms with van der Waals surface area (Å²) < 4.78 is 27.3. The summed E-state index contributed by atoms with van der Waals surface area (Å²) in [6.45, 7) is 2.34. The maximum Gasteiger partial charge on any atom is 0.258 e. The van der Waals surface area contributed by atoms with E-state index in [4.69, 9.17) is 11.6 Å². The van der Waals surface area contributed by atoms with Crippen LogP contribution in [0.15, 0.2) is 16.6 Å². The molecule has 1 aromatic rings. The Labute approximate surface area is 148 Å². The quantitative estimate of drug-likeness (QED) is 0.768. The van der Waals surface area contributed by atoms with Crippen LogP contribution in [0.3, 0.4) is 0 Å². The zero-order chi connectivity index (χ0) is 14.0. The predicted molar refractivity (Wildman–Crippen MR) is 88.5 cm³/mol. The molecule has 0 radical (unpaired) electrons. The Bertz CT molecular complexity index is 462. The summed E-state index contributed by atoms with van der Waals surface area (Å²) in [5.74, 6) is -0.270. The lowest BCUT2D eigenvalue weighted by Gasteiger charge is -2.35. The van der Waals surface area contributed by atoms with Crippen LogP contribution in [0.25, 0.3) is 0 Å². The van der Waals surface area contributed by atoms with Crippen molar-refractivity contribution in [2.24, 2.45) is 0 Å². The van der Waals surface area contributed by atoms with Gasteiger partial charge in [0.1, 0.15) is 11.8 Å². The molecule has 9 heteroatoms. The summed E-state index contributed by atoms with van der Waals surface area (Å²) in [4.78, 5) is 1.67. The number of rotatable bonds is 3. The summed E-state index contributed by atoms with van der Waals surface area (Å²) in [6, 6.07) is 1.85. The van der Waals surface area contributed by atoms with Gasteiger partial charge in [-0.05, 0) is 12.1 Å². The highest BCUT2D eigenvalue weighted by Gasteiger charge is 2.32. The van der Waals surface area contributed by atoms with E-state index < -0.39 is 12.5 Å². The Balaban J connectivity index is 0.00000200. The lowest BCUT2D eigenvalue weighted by molar-refractivity contribution is 0.0170. The molecule has 1 atom stereocenters. The topological polar surface area (TPSA) is 35.5 Å². The van der Waals surface area contributed by atoms with Crippen molar-refractivity contribution in [2.45, 2.75) is 12.5 Å². The number of aromatic hydroxyl groups is 1. The molecule has 0 bridgehead atoms. The molecule has 1 aliphatic heterocycles. The maximum absolute atomic E-state index is 13.4. The van der Waals surface area contributed by atoms with E-state index in [1.165, 1.54) is 12.1 Å². The average Bonchev–Trinajstić information content (AvgIpc) is 2.36. The van der Waals surface area contributed by atoms with E-state index in [-0.39, 0.29) is 41.1 Å². The molecule has 0 spiro atoms. The van der Waals surface area contributed by atoms with Gasteiger partial charge in [-0.25, -0.2) is 8.78 Å². The highest BCUT2D eigenvalue weighted by atomic mass is 79.9. The van der Waals surface area contributed by atoms with Crippen molar-refractivity contribution in [2.75, 3.05) is 26.2 Å². The number of hydrogen-bond acceptors (Lipinski definition) is 3. The van der Waals surface area contributed by atoms with Crippen molar-refractivity contribution >= 4 is 52.3 Å². The van der Waals surface area contributed by atoms with E-state index in [1.807, 2.05) is 0 Å². The second-order valence-corrected chi connectivity index (χ2v) is 5.71. The summed E-state index contributed by atoms with van der Waals surface area (Å²) in [5, 5.41) is 13.1. The van der Waals surface area contributed by atoms with Gasteiger partial charge in [0.15, 0.2) is 0 Å². The zero-order valence-electron chi connectivity index (χ0n) is 10.9. The van der Waals surface area contributed by atoms with Gasteiger partial charge in [0.25, 0.3) is 6.43 Å². The van der Waals surface area contributed by atoms with Gasteiger partial charge in [-0.1, -0.05) is 27.5 Å². The van der Waals surface area contributed by atoms with Gasteiger partial charge in [-0.15, -0.1) is 24.8 Å². The Morgan fingerprint density at radius 1 is 1.24 bits per heavy atom. The molecule has 0 aromatic heterocycles. The van der Waals surface area contributed by atoms with Gasteiger partial charge < -0.3 is 10.4 Å². The number of alkyl halides is 2. The first kappa shape index (κ1) is 21.1. The number of piperazine rings is 1. The molecule has 1 aromatic carbocycles. The Kier molecular flexibility index (Phi) is 9.39. The van der Waals surface area contributed by atoms with Crippen LogP contribution in [0.5, 0.6) is 5.75 Å². The summed E-state index contributed by atoms with van der Waals surface area (Å²) >= 11 is 9.07. The van der Waals surface area contributed by atoms with Crippen LogP contribution in [0.1, 0.15) is 11.6 Å². The standard InChI is InChI=1S/C12H14BrClF2N2O.2ClH/c13-7-5-8(11(19)9(14)6-7)10(12(15)16)18-3-1-17-2-4-18;;/h5-6,10,12,17,19H,1-4H2;2*1H/t10-;;/m0../s1. The van der Waals surface area contributed by atoms with Crippen molar-refractivity contribution in [3.8, 4) is 5.75 Å². The second-order valence-electron chi connectivity index (χ2n) is 4.39. The fourth-order valence-corrected chi connectivity index (χ4v) is 3.10. The highest BCUT2D eigenvalue weighted by molar-refractivity contribution is 9.10. The Morgan fingerprint density at radius 3 is 2.33 bits per heavy atom. The van der Waals surface area contributed by atoms with E-state index in [0.717, 1.165) is 0 Å². The smallest absolute Gasteiger partial charge is 0.258 e. The van der Waals surface area contributed by atoms with Crippen LogP contribution < -0.4 is 5.32 Å². The van der Waals surface area contributed by atoms with Crippen LogP contribution in [0, 0.1) is 0 Å². The fourth-order valence-electron chi connectivity index (χ4n) is 2.26. The third kappa shape index (κ3) is 5.08. The Hall–Kier alpha value is 0.150. The van der Waals surface area contributed by atoms with Gasteiger partial charge >= 0.3 is 0 Å². The molecule has 0 aliphatic carbocycles. The number of halogens is 6. The molecule has 2 N–H and O–H groups in total. The maximum atomic E-state index is 13.4. The molecule has 1 aliphatic rings. The summed E-state index contributed by atoms with van der Waals surface area (Å²) in [6.07, 6.45) is -2.59. The van der Waals surface area contributed by atoms with Gasteiger partial charge in [0.05, 0.1) is 5.02 Å². The molecule has 0 amide bonds.